The highest BCUT2D eigenvalue weighted by molar-refractivity contribution is 5.94. The standard InChI is InChI=1S/C21H20N6O3/c1-14-8-9-18(22-10-14)26-20(28)17(12-29-2)30-21-16-11-25-27(19(16)23-13-24-21)15-6-4-3-5-7-15/h3-11,13,17H,12H2,1-2H3,(H,22,26,28)/t17-/m0/s1. The highest BCUT2D eigenvalue weighted by atomic mass is 16.5. The molecular formula is C21H20N6O3. The highest BCUT2D eigenvalue weighted by Crippen LogP contribution is 2.24. The molecule has 3 heterocycles. The second-order valence-corrected chi connectivity index (χ2v) is 6.58. The summed E-state index contributed by atoms with van der Waals surface area (Å²) in [5.41, 5.74) is 2.42. The van der Waals surface area contributed by atoms with Crippen LogP contribution in [0.3, 0.4) is 0 Å². The molecule has 0 spiro atoms. The molecule has 9 nitrogen and oxygen atoms in total. The Bertz CT molecular complexity index is 1140. The third-order valence-electron chi connectivity index (χ3n) is 4.36. The average Bonchev–Trinajstić information content (AvgIpc) is 3.21. The molecule has 1 N–H and O–H groups in total. The number of rotatable bonds is 7. The molecule has 152 valence electrons. The maximum Gasteiger partial charge on any atom is 0.269 e. The van der Waals surface area contributed by atoms with E-state index in [1.165, 1.54) is 13.4 Å². The summed E-state index contributed by atoms with van der Waals surface area (Å²) in [4.78, 5) is 25.4. The third kappa shape index (κ3) is 4.11. The number of nitrogens with one attached hydrogen (secondary N) is 1. The second kappa shape index (κ2) is 8.66. The molecule has 0 radical (unpaired) electrons. The predicted octanol–water partition coefficient (Wildman–Crippen LogP) is 2.55. The van der Waals surface area contributed by atoms with Crippen molar-refractivity contribution in [2.45, 2.75) is 13.0 Å². The second-order valence-electron chi connectivity index (χ2n) is 6.58. The number of para-hydroxylation sites is 1. The summed E-state index contributed by atoms with van der Waals surface area (Å²) in [6.07, 6.45) is 3.73. The summed E-state index contributed by atoms with van der Waals surface area (Å²) in [6.45, 7) is 1.96. The van der Waals surface area contributed by atoms with E-state index < -0.39 is 12.0 Å². The Labute approximate surface area is 172 Å². The maximum absolute atomic E-state index is 12.7. The molecule has 9 heteroatoms. The lowest BCUT2D eigenvalue weighted by Crippen LogP contribution is -2.37. The van der Waals surface area contributed by atoms with Gasteiger partial charge in [-0.05, 0) is 30.7 Å². The van der Waals surface area contributed by atoms with Crippen LogP contribution in [0, 0.1) is 6.92 Å². The van der Waals surface area contributed by atoms with Crippen LogP contribution in [0.5, 0.6) is 5.88 Å². The Hall–Kier alpha value is -3.85. The monoisotopic (exact) mass is 404 g/mol. The first kappa shape index (κ1) is 19.5. The molecule has 4 rings (SSSR count). The number of pyridine rings is 1. The minimum Gasteiger partial charge on any atom is -0.461 e. The van der Waals surface area contributed by atoms with Crippen LogP contribution >= 0.6 is 0 Å². The van der Waals surface area contributed by atoms with Crippen molar-refractivity contribution in [1.29, 1.82) is 0 Å². The van der Waals surface area contributed by atoms with E-state index in [-0.39, 0.29) is 12.5 Å². The molecule has 0 bridgehead atoms. The average molecular weight is 404 g/mol. The first-order valence-corrected chi connectivity index (χ1v) is 9.29. The van der Waals surface area contributed by atoms with Gasteiger partial charge in [-0.1, -0.05) is 24.3 Å². The van der Waals surface area contributed by atoms with E-state index in [4.69, 9.17) is 9.47 Å². The van der Waals surface area contributed by atoms with Crippen molar-refractivity contribution in [3.05, 3.63) is 66.7 Å². The van der Waals surface area contributed by atoms with Gasteiger partial charge in [0.2, 0.25) is 12.0 Å². The number of benzene rings is 1. The van der Waals surface area contributed by atoms with Gasteiger partial charge in [-0.3, -0.25) is 4.79 Å². The zero-order valence-corrected chi connectivity index (χ0v) is 16.5. The van der Waals surface area contributed by atoms with Crippen molar-refractivity contribution in [2.75, 3.05) is 19.0 Å². The van der Waals surface area contributed by atoms with Crippen molar-refractivity contribution < 1.29 is 14.3 Å². The zero-order valence-electron chi connectivity index (χ0n) is 16.5. The molecular weight excluding hydrogens is 384 g/mol. The summed E-state index contributed by atoms with van der Waals surface area (Å²) in [5.74, 6) is 0.284. The fourth-order valence-corrected chi connectivity index (χ4v) is 2.87. The first-order chi connectivity index (χ1) is 14.7. The first-order valence-electron chi connectivity index (χ1n) is 9.29. The van der Waals surface area contributed by atoms with Crippen LogP contribution in [0.1, 0.15) is 5.56 Å². The molecule has 30 heavy (non-hydrogen) atoms. The van der Waals surface area contributed by atoms with E-state index in [9.17, 15) is 4.79 Å². The summed E-state index contributed by atoms with van der Waals surface area (Å²) in [7, 11) is 1.50. The number of aryl methyl sites for hydroxylation is 1. The van der Waals surface area contributed by atoms with Crippen LogP contribution in [0.4, 0.5) is 5.82 Å². The summed E-state index contributed by atoms with van der Waals surface area (Å²) < 4.78 is 12.8. The van der Waals surface area contributed by atoms with E-state index >= 15 is 0 Å². The van der Waals surface area contributed by atoms with Crippen molar-refractivity contribution in [3.63, 3.8) is 0 Å². The van der Waals surface area contributed by atoms with Crippen LogP contribution in [-0.2, 0) is 9.53 Å². The van der Waals surface area contributed by atoms with Crippen molar-refractivity contribution in [2.24, 2.45) is 0 Å². The molecule has 4 aromatic rings. The number of fused-ring (bicyclic) bond motifs is 1. The molecule has 1 amide bonds. The number of amides is 1. The Morgan fingerprint density at radius 2 is 1.93 bits per heavy atom. The lowest BCUT2D eigenvalue weighted by atomic mass is 10.3. The van der Waals surface area contributed by atoms with Crippen molar-refractivity contribution in [1.82, 2.24) is 24.7 Å². The van der Waals surface area contributed by atoms with E-state index in [0.717, 1.165) is 11.3 Å². The SMILES string of the molecule is COC[C@H](Oc1ncnc2c1cnn2-c1ccccc1)C(=O)Nc1ccc(C)cn1. The van der Waals surface area contributed by atoms with E-state index in [0.29, 0.717) is 16.9 Å². The number of methoxy groups -OCH3 is 1. The Kier molecular flexibility index (Phi) is 5.62. The lowest BCUT2D eigenvalue weighted by Gasteiger charge is -2.17. The zero-order chi connectivity index (χ0) is 20.9. The van der Waals surface area contributed by atoms with Gasteiger partial charge >= 0.3 is 0 Å². The van der Waals surface area contributed by atoms with Crippen LogP contribution in [0.2, 0.25) is 0 Å². The Balaban J connectivity index is 1.59. The number of carbonyl (C=O) groups excluding carboxylic acids is 1. The fourth-order valence-electron chi connectivity index (χ4n) is 2.87. The van der Waals surface area contributed by atoms with Crippen LogP contribution in [0.15, 0.2) is 61.2 Å². The number of hydrogen-bond donors (Lipinski definition) is 1. The number of anilines is 1. The minimum absolute atomic E-state index is 0.0377. The smallest absolute Gasteiger partial charge is 0.269 e. The molecule has 1 atom stereocenters. The molecule has 0 saturated carbocycles. The van der Waals surface area contributed by atoms with Gasteiger partial charge in [0, 0.05) is 13.3 Å². The molecule has 0 aliphatic carbocycles. The van der Waals surface area contributed by atoms with Gasteiger partial charge in [0.05, 0.1) is 18.5 Å². The molecule has 0 fully saturated rings. The number of aromatic nitrogens is 5. The molecule has 0 aliphatic heterocycles. The molecule has 0 unspecified atom stereocenters. The Morgan fingerprint density at radius 1 is 1.10 bits per heavy atom. The number of carbonyl (C=O) groups is 1. The predicted molar refractivity (Wildman–Crippen MR) is 111 cm³/mol. The van der Waals surface area contributed by atoms with Gasteiger partial charge in [-0.15, -0.1) is 0 Å². The molecule has 3 aromatic heterocycles. The van der Waals surface area contributed by atoms with Gasteiger partial charge in [0.25, 0.3) is 5.91 Å². The van der Waals surface area contributed by atoms with E-state index in [1.807, 2.05) is 43.3 Å². The minimum atomic E-state index is -0.934. The quantitative estimate of drug-likeness (QED) is 0.505. The Morgan fingerprint density at radius 3 is 2.67 bits per heavy atom. The number of hydrogen-bond acceptors (Lipinski definition) is 7. The van der Waals surface area contributed by atoms with Gasteiger partial charge in [-0.2, -0.15) is 5.10 Å². The van der Waals surface area contributed by atoms with Crippen molar-refractivity contribution >= 4 is 22.8 Å². The van der Waals surface area contributed by atoms with Crippen LogP contribution in [0.25, 0.3) is 16.7 Å². The molecule has 0 saturated heterocycles. The van der Waals surface area contributed by atoms with Gasteiger partial charge < -0.3 is 14.8 Å². The highest BCUT2D eigenvalue weighted by Gasteiger charge is 2.23. The van der Waals surface area contributed by atoms with Gasteiger partial charge in [-0.25, -0.2) is 19.6 Å². The summed E-state index contributed by atoms with van der Waals surface area (Å²) in [5, 5.41) is 7.71. The van der Waals surface area contributed by atoms with Crippen LogP contribution in [-0.4, -0.2) is 50.5 Å². The number of ether oxygens (including phenoxy) is 2. The third-order valence-corrected chi connectivity index (χ3v) is 4.36. The lowest BCUT2D eigenvalue weighted by molar-refractivity contribution is -0.125. The molecule has 0 aliphatic rings. The maximum atomic E-state index is 12.7. The van der Waals surface area contributed by atoms with E-state index in [2.05, 4.69) is 25.4 Å². The van der Waals surface area contributed by atoms with Gasteiger partial charge in [0.1, 0.15) is 17.5 Å². The summed E-state index contributed by atoms with van der Waals surface area (Å²) in [6, 6.07) is 13.2. The fraction of sp³-hybridized carbons (Fsp3) is 0.190. The number of nitrogens with zero attached hydrogens (tertiary/aromatic N) is 5. The normalized spacial score (nSPS) is 11.9. The van der Waals surface area contributed by atoms with Crippen LogP contribution < -0.4 is 10.1 Å². The molecule has 1 aromatic carbocycles. The largest absolute Gasteiger partial charge is 0.461 e. The topological polar surface area (TPSA) is 104 Å². The van der Waals surface area contributed by atoms with Crippen molar-refractivity contribution in [3.8, 4) is 11.6 Å². The van der Waals surface area contributed by atoms with E-state index in [1.54, 1.807) is 23.1 Å². The summed E-state index contributed by atoms with van der Waals surface area (Å²) >= 11 is 0. The van der Waals surface area contributed by atoms with Gasteiger partial charge in [0.15, 0.2) is 5.65 Å².